The molecule has 0 radical (unpaired) electrons. The van der Waals surface area contributed by atoms with Gasteiger partial charge in [0, 0.05) is 14.0 Å². The molecular weight excluding hydrogens is 340 g/mol. The maximum atomic E-state index is 3.53. The lowest BCUT2D eigenvalue weighted by molar-refractivity contribution is 1.52. The zero-order valence-electron chi connectivity index (χ0n) is 11.6. The van der Waals surface area contributed by atoms with Crippen LogP contribution in [0.25, 0.3) is 31.3 Å². The van der Waals surface area contributed by atoms with Crippen molar-refractivity contribution >= 4 is 48.1 Å². The van der Waals surface area contributed by atoms with E-state index in [1.54, 1.807) is 0 Å². The van der Waals surface area contributed by atoms with Gasteiger partial charge in [0.1, 0.15) is 0 Å². The number of hydrogen-bond acceptors (Lipinski definition) is 1. The van der Waals surface area contributed by atoms with Gasteiger partial charge in [0.2, 0.25) is 0 Å². The molecule has 0 saturated heterocycles. The molecule has 0 nitrogen and oxygen atoms in total. The van der Waals surface area contributed by atoms with Crippen molar-refractivity contribution in [3.05, 3.63) is 70.7 Å². The highest BCUT2D eigenvalue weighted by Crippen LogP contribution is 2.35. The summed E-state index contributed by atoms with van der Waals surface area (Å²) in [5.41, 5.74) is 2.61. The molecule has 0 N–H and O–H groups in total. The van der Waals surface area contributed by atoms with Crippen molar-refractivity contribution in [1.29, 1.82) is 0 Å². The van der Waals surface area contributed by atoms with E-state index in [9.17, 15) is 0 Å². The largest absolute Gasteiger partial charge is 0.135 e. The third kappa shape index (κ3) is 2.39. The SMILES string of the molecule is Cc1ccc2cc(-c3ccc4cc(Br)ccc4c3)sc2c1. The highest BCUT2D eigenvalue weighted by atomic mass is 79.9. The maximum Gasteiger partial charge on any atom is 0.0355 e. The lowest BCUT2D eigenvalue weighted by Crippen LogP contribution is -1.76. The Morgan fingerprint density at radius 3 is 2.43 bits per heavy atom. The Kier molecular flexibility index (Phi) is 3.09. The molecule has 4 rings (SSSR count). The van der Waals surface area contributed by atoms with Crippen LogP contribution in [0.4, 0.5) is 0 Å². The molecule has 2 heteroatoms. The van der Waals surface area contributed by atoms with Crippen LogP contribution < -0.4 is 0 Å². The number of aryl methyl sites for hydroxylation is 1. The van der Waals surface area contributed by atoms with Crippen molar-refractivity contribution in [3.63, 3.8) is 0 Å². The Hall–Kier alpha value is -1.64. The lowest BCUT2D eigenvalue weighted by atomic mass is 10.1. The van der Waals surface area contributed by atoms with E-state index in [2.05, 4.69) is 83.5 Å². The van der Waals surface area contributed by atoms with E-state index in [1.807, 2.05) is 11.3 Å². The van der Waals surface area contributed by atoms with E-state index in [4.69, 9.17) is 0 Å². The van der Waals surface area contributed by atoms with Gasteiger partial charge in [0.25, 0.3) is 0 Å². The van der Waals surface area contributed by atoms with Crippen LogP contribution in [-0.4, -0.2) is 0 Å². The minimum absolute atomic E-state index is 1.13. The molecule has 0 amide bonds. The normalized spacial score (nSPS) is 11.3. The molecule has 0 unspecified atom stereocenters. The second-order valence-electron chi connectivity index (χ2n) is 5.36. The number of hydrogen-bond donors (Lipinski definition) is 0. The summed E-state index contributed by atoms with van der Waals surface area (Å²) in [5.74, 6) is 0. The molecule has 0 spiro atoms. The van der Waals surface area contributed by atoms with Crippen molar-refractivity contribution < 1.29 is 0 Å². The average molecular weight is 353 g/mol. The second-order valence-corrected chi connectivity index (χ2v) is 7.36. The molecule has 4 aromatic rings. The minimum Gasteiger partial charge on any atom is -0.135 e. The molecule has 0 fully saturated rings. The van der Waals surface area contributed by atoms with Gasteiger partial charge in [0.15, 0.2) is 0 Å². The fourth-order valence-electron chi connectivity index (χ4n) is 2.65. The zero-order valence-corrected chi connectivity index (χ0v) is 14.0. The van der Waals surface area contributed by atoms with Crippen LogP contribution in [0.1, 0.15) is 5.56 Å². The van der Waals surface area contributed by atoms with Crippen LogP contribution in [0.5, 0.6) is 0 Å². The fourth-order valence-corrected chi connectivity index (χ4v) is 4.19. The number of benzene rings is 3. The van der Waals surface area contributed by atoms with E-state index in [0.29, 0.717) is 0 Å². The first-order valence-electron chi connectivity index (χ1n) is 6.89. The number of thiophene rings is 1. The van der Waals surface area contributed by atoms with Gasteiger partial charge in [-0.05, 0) is 64.5 Å². The Balaban J connectivity index is 1.89. The lowest BCUT2D eigenvalue weighted by Gasteiger charge is -2.02. The maximum absolute atomic E-state index is 3.53. The Morgan fingerprint density at radius 1 is 0.762 bits per heavy atom. The monoisotopic (exact) mass is 352 g/mol. The van der Waals surface area contributed by atoms with E-state index in [1.165, 1.54) is 36.9 Å². The number of fused-ring (bicyclic) bond motifs is 2. The smallest absolute Gasteiger partial charge is 0.0355 e. The van der Waals surface area contributed by atoms with Gasteiger partial charge in [-0.1, -0.05) is 46.3 Å². The molecule has 0 bridgehead atoms. The summed E-state index contributed by atoms with van der Waals surface area (Å²) in [6, 6.07) is 22.1. The predicted molar refractivity (Wildman–Crippen MR) is 97.2 cm³/mol. The molecule has 0 aliphatic carbocycles. The molecule has 1 heterocycles. The highest BCUT2D eigenvalue weighted by molar-refractivity contribution is 9.10. The number of rotatable bonds is 1. The van der Waals surface area contributed by atoms with Gasteiger partial charge in [-0.15, -0.1) is 11.3 Å². The first-order valence-corrected chi connectivity index (χ1v) is 8.50. The van der Waals surface area contributed by atoms with Crippen LogP contribution in [0.3, 0.4) is 0 Å². The first-order chi connectivity index (χ1) is 10.2. The van der Waals surface area contributed by atoms with Crippen LogP contribution >= 0.6 is 27.3 Å². The molecule has 0 atom stereocenters. The molecule has 102 valence electrons. The van der Waals surface area contributed by atoms with E-state index in [0.717, 1.165) is 4.47 Å². The number of halogens is 1. The first kappa shape index (κ1) is 13.1. The van der Waals surface area contributed by atoms with Crippen molar-refractivity contribution in [3.8, 4) is 10.4 Å². The molecule has 0 saturated carbocycles. The average Bonchev–Trinajstić information content (AvgIpc) is 2.89. The van der Waals surface area contributed by atoms with Crippen LogP contribution in [0.15, 0.2) is 65.1 Å². The Bertz CT molecular complexity index is 966. The van der Waals surface area contributed by atoms with Gasteiger partial charge in [0.05, 0.1) is 0 Å². The third-order valence-electron chi connectivity index (χ3n) is 3.76. The van der Waals surface area contributed by atoms with E-state index < -0.39 is 0 Å². The summed E-state index contributed by atoms with van der Waals surface area (Å²) in [5, 5.41) is 3.88. The Labute approximate surface area is 136 Å². The Morgan fingerprint density at radius 2 is 1.52 bits per heavy atom. The summed E-state index contributed by atoms with van der Waals surface area (Å²) in [6.45, 7) is 2.15. The van der Waals surface area contributed by atoms with Crippen molar-refractivity contribution in [2.45, 2.75) is 6.92 Å². The topological polar surface area (TPSA) is 0 Å². The van der Waals surface area contributed by atoms with Gasteiger partial charge in [-0.3, -0.25) is 0 Å². The van der Waals surface area contributed by atoms with Gasteiger partial charge in [-0.25, -0.2) is 0 Å². The summed E-state index contributed by atoms with van der Waals surface area (Å²) in [6.07, 6.45) is 0. The summed E-state index contributed by atoms with van der Waals surface area (Å²) < 4.78 is 2.49. The van der Waals surface area contributed by atoms with Crippen LogP contribution in [0, 0.1) is 6.92 Å². The molecule has 1 aromatic heterocycles. The highest BCUT2D eigenvalue weighted by Gasteiger charge is 2.05. The molecule has 0 aliphatic rings. The minimum atomic E-state index is 1.13. The molecule has 21 heavy (non-hydrogen) atoms. The van der Waals surface area contributed by atoms with Crippen molar-refractivity contribution in [2.75, 3.05) is 0 Å². The van der Waals surface area contributed by atoms with E-state index >= 15 is 0 Å². The van der Waals surface area contributed by atoms with Crippen molar-refractivity contribution in [1.82, 2.24) is 0 Å². The quantitative estimate of drug-likeness (QED) is 0.353. The molecule has 3 aromatic carbocycles. The summed E-state index contributed by atoms with van der Waals surface area (Å²) in [7, 11) is 0. The second kappa shape index (κ2) is 4.97. The van der Waals surface area contributed by atoms with Gasteiger partial charge in [-0.2, -0.15) is 0 Å². The van der Waals surface area contributed by atoms with Crippen LogP contribution in [-0.2, 0) is 0 Å². The summed E-state index contributed by atoms with van der Waals surface area (Å²) >= 11 is 5.39. The van der Waals surface area contributed by atoms with E-state index in [-0.39, 0.29) is 0 Å². The summed E-state index contributed by atoms with van der Waals surface area (Å²) in [4.78, 5) is 1.33. The molecular formula is C19H13BrS. The van der Waals surface area contributed by atoms with Crippen LogP contribution in [0.2, 0.25) is 0 Å². The molecule has 0 aliphatic heterocycles. The standard InChI is InChI=1S/C19H13BrS/c1-12-2-3-16-11-19(21-18(16)8-12)15-5-4-14-10-17(20)7-6-13(14)9-15/h2-11H,1H3. The third-order valence-corrected chi connectivity index (χ3v) is 5.40. The van der Waals surface area contributed by atoms with Gasteiger partial charge >= 0.3 is 0 Å². The van der Waals surface area contributed by atoms with Gasteiger partial charge < -0.3 is 0 Å². The predicted octanol–water partition coefficient (Wildman–Crippen LogP) is 6.79. The zero-order chi connectivity index (χ0) is 14.4. The van der Waals surface area contributed by atoms with Crippen molar-refractivity contribution in [2.24, 2.45) is 0 Å². The fraction of sp³-hybridized carbons (Fsp3) is 0.0526.